The van der Waals surface area contributed by atoms with E-state index in [1.54, 1.807) is 12.1 Å². The van der Waals surface area contributed by atoms with Gasteiger partial charge in [0.2, 0.25) is 0 Å². The zero-order valence-electron chi connectivity index (χ0n) is 13.8. The lowest BCUT2D eigenvalue weighted by Crippen LogP contribution is -2.10. The molecule has 0 bridgehead atoms. The SMILES string of the molecule is O=C(c1ccc(-c2ccccc2)cc1)C1NC1c1ccc([N+](=O)[O-])cc1. The van der Waals surface area contributed by atoms with Crippen LogP contribution in [0.15, 0.2) is 78.9 Å². The highest BCUT2D eigenvalue weighted by atomic mass is 16.6. The van der Waals surface area contributed by atoms with Crippen LogP contribution in [0.1, 0.15) is 22.0 Å². The van der Waals surface area contributed by atoms with Gasteiger partial charge in [-0.15, -0.1) is 0 Å². The van der Waals surface area contributed by atoms with Gasteiger partial charge in [0.1, 0.15) is 0 Å². The molecule has 5 nitrogen and oxygen atoms in total. The molecule has 1 fully saturated rings. The van der Waals surface area contributed by atoms with E-state index in [1.165, 1.54) is 12.1 Å². The van der Waals surface area contributed by atoms with Crippen LogP contribution in [0.3, 0.4) is 0 Å². The van der Waals surface area contributed by atoms with Crippen molar-refractivity contribution in [3.63, 3.8) is 0 Å². The smallest absolute Gasteiger partial charge is 0.269 e. The molecule has 1 aliphatic rings. The molecule has 0 radical (unpaired) electrons. The van der Waals surface area contributed by atoms with Crippen molar-refractivity contribution >= 4 is 11.5 Å². The van der Waals surface area contributed by atoms with E-state index in [2.05, 4.69) is 5.32 Å². The van der Waals surface area contributed by atoms with E-state index in [-0.39, 0.29) is 23.6 Å². The first-order valence-electron chi connectivity index (χ1n) is 8.33. The van der Waals surface area contributed by atoms with Crippen molar-refractivity contribution < 1.29 is 9.72 Å². The van der Waals surface area contributed by atoms with Crippen LogP contribution in [-0.4, -0.2) is 16.7 Å². The molecular weight excluding hydrogens is 328 g/mol. The average molecular weight is 344 g/mol. The highest BCUT2D eigenvalue weighted by Gasteiger charge is 2.43. The van der Waals surface area contributed by atoms with E-state index in [1.807, 2.05) is 54.6 Å². The predicted molar refractivity (Wildman–Crippen MR) is 99.0 cm³/mol. The molecule has 0 saturated carbocycles. The first-order valence-corrected chi connectivity index (χ1v) is 8.33. The summed E-state index contributed by atoms with van der Waals surface area (Å²) in [6, 6.07) is 23.5. The Morgan fingerprint density at radius 3 is 2.08 bits per heavy atom. The molecule has 3 aromatic carbocycles. The Hall–Kier alpha value is -3.31. The molecule has 26 heavy (non-hydrogen) atoms. The number of carbonyl (C=O) groups is 1. The van der Waals surface area contributed by atoms with Crippen LogP contribution in [0.4, 0.5) is 5.69 Å². The van der Waals surface area contributed by atoms with Crippen molar-refractivity contribution in [2.45, 2.75) is 12.1 Å². The molecule has 0 amide bonds. The van der Waals surface area contributed by atoms with Crippen molar-refractivity contribution in [2.75, 3.05) is 0 Å². The number of nitrogens with one attached hydrogen (secondary N) is 1. The molecule has 128 valence electrons. The van der Waals surface area contributed by atoms with Crippen molar-refractivity contribution in [3.05, 3.63) is 100 Å². The molecule has 2 atom stereocenters. The zero-order chi connectivity index (χ0) is 18.1. The second kappa shape index (κ2) is 6.54. The normalized spacial score (nSPS) is 18.3. The number of ketones is 1. The summed E-state index contributed by atoms with van der Waals surface area (Å²) in [5.41, 5.74) is 3.77. The van der Waals surface area contributed by atoms with Crippen LogP contribution in [-0.2, 0) is 0 Å². The Balaban J connectivity index is 1.46. The van der Waals surface area contributed by atoms with Gasteiger partial charge in [-0.3, -0.25) is 20.2 Å². The molecule has 1 aliphatic heterocycles. The number of benzene rings is 3. The fourth-order valence-corrected chi connectivity index (χ4v) is 3.09. The van der Waals surface area contributed by atoms with Crippen molar-refractivity contribution in [1.29, 1.82) is 0 Å². The molecule has 3 aromatic rings. The summed E-state index contributed by atoms with van der Waals surface area (Å²) in [4.78, 5) is 22.9. The Labute approximate surface area is 150 Å². The second-order valence-corrected chi connectivity index (χ2v) is 6.28. The molecule has 2 unspecified atom stereocenters. The molecule has 0 spiro atoms. The molecule has 4 rings (SSSR count). The summed E-state index contributed by atoms with van der Waals surface area (Å²) >= 11 is 0. The van der Waals surface area contributed by atoms with Crippen LogP contribution < -0.4 is 5.32 Å². The van der Waals surface area contributed by atoms with E-state index >= 15 is 0 Å². The van der Waals surface area contributed by atoms with E-state index in [0.29, 0.717) is 5.56 Å². The van der Waals surface area contributed by atoms with Gasteiger partial charge >= 0.3 is 0 Å². The number of nitrogens with zero attached hydrogens (tertiary/aromatic N) is 1. The predicted octanol–water partition coefficient (Wildman–Crippen LogP) is 4.16. The minimum atomic E-state index is -0.430. The van der Waals surface area contributed by atoms with E-state index in [0.717, 1.165) is 16.7 Å². The van der Waals surface area contributed by atoms with Crippen LogP contribution in [0.25, 0.3) is 11.1 Å². The number of hydrogen-bond acceptors (Lipinski definition) is 4. The van der Waals surface area contributed by atoms with E-state index in [9.17, 15) is 14.9 Å². The lowest BCUT2D eigenvalue weighted by Gasteiger charge is -2.04. The first kappa shape index (κ1) is 16.2. The monoisotopic (exact) mass is 344 g/mol. The summed E-state index contributed by atoms with van der Waals surface area (Å²) in [6.07, 6.45) is 0. The third-order valence-corrected chi connectivity index (χ3v) is 4.61. The lowest BCUT2D eigenvalue weighted by atomic mass is 9.99. The number of nitro benzene ring substituents is 1. The largest absolute Gasteiger partial charge is 0.297 e. The fraction of sp³-hybridized carbons (Fsp3) is 0.0952. The minimum Gasteiger partial charge on any atom is -0.297 e. The summed E-state index contributed by atoms with van der Waals surface area (Å²) in [5, 5.41) is 13.9. The molecule has 0 aliphatic carbocycles. The van der Waals surface area contributed by atoms with Gasteiger partial charge in [-0.2, -0.15) is 0 Å². The maximum Gasteiger partial charge on any atom is 0.269 e. The molecule has 1 N–H and O–H groups in total. The summed E-state index contributed by atoms with van der Waals surface area (Å²) in [7, 11) is 0. The number of Topliss-reactive ketones (excluding diaryl/α,β-unsaturated/α-hetero) is 1. The van der Waals surface area contributed by atoms with Crippen molar-refractivity contribution in [1.82, 2.24) is 5.32 Å². The fourth-order valence-electron chi connectivity index (χ4n) is 3.09. The van der Waals surface area contributed by atoms with Gasteiger partial charge < -0.3 is 0 Å². The zero-order valence-corrected chi connectivity index (χ0v) is 13.8. The standard InChI is InChI=1S/C21H16N2O3/c24-21(17-8-6-15(7-9-17)14-4-2-1-3-5-14)20-19(22-20)16-10-12-18(13-11-16)23(25)26/h1-13,19-20,22H. The molecule has 0 aromatic heterocycles. The van der Waals surface area contributed by atoms with Gasteiger partial charge in [0.05, 0.1) is 17.0 Å². The van der Waals surface area contributed by atoms with Gasteiger partial charge in [-0.1, -0.05) is 66.7 Å². The van der Waals surface area contributed by atoms with E-state index < -0.39 is 4.92 Å². The third kappa shape index (κ3) is 3.12. The quantitative estimate of drug-likeness (QED) is 0.326. The highest BCUT2D eigenvalue weighted by Crippen LogP contribution is 2.33. The highest BCUT2D eigenvalue weighted by molar-refractivity contribution is 6.03. The van der Waals surface area contributed by atoms with Gasteiger partial charge in [0, 0.05) is 17.7 Å². The van der Waals surface area contributed by atoms with Crippen LogP contribution >= 0.6 is 0 Å². The lowest BCUT2D eigenvalue weighted by molar-refractivity contribution is -0.384. The Bertz CT molecular complexity index is 951. The maximum atomic E-state index is 12.6. The minimum absolute atomic E-state index is 0.0352. The van der Waals surface area contributed by atoms with E-state index in [4.69, 9.17) is 0 Å². The number of non-ortho nitro benzene ring substituents is 1. The molecular formula is C21H16N2O3. The summed E-state index contributed by atoms with van der Waals surface area (Å²) in [6.45, 7) is 0. The van der Waals surface area contributed by atoms with Crippen LogP contribution in [0.2, 0.25) is 0 Å². The van der Waals surface area contributed by atoms with Gasteiger partial charge in [-0.05, 0) is 16.7 Å². The number of nitro groups is 1. The Morgan fingerprint density at radius 1 is 0.846 bits per heavy atom. The topological polar surface area (TPSA) is 82.2 Å². The molecule has 1 saturated heterocycles. The summed E-state index contributed by atoms with van der Waals surface area (Å²) < 4.78 is 0. The first-order chi connectivity index (χ1) is 12.6. The number of carbonyl (C=O) groups excluding carboxylic acids is 1. The van der Waals surface area contributed by atoms with Gasteiger partial charge in [0.15, 0.2) is 5.78 Å². The Morgan fingerprint density at radius 2 is 1.46 bits per heavy atom. The Kier molecular flexibility index (Phi) is 4.07. The van der Waals surface area contributed by atoms with Crippen LogP contribution in [0.5, 0.6) is 0 Å². The second-order valence-electron chi connectivity index (χ2n) is 6.28. The third-order valence-electron chi connectivity index (χ3n) is 4.61. The molecule has 5 heteroatoms. The maximum absolute atomic E-state index is 12.6. The van der Waals surface area contributed by atoms with Crippen LogP contribution in [0, 0.1) is 10.1 Å². The number of rotatable bonds is 5. The van der Waals surface area contributed by atoms with Crippen molar-refractivity contribution in [3.8, 4) is 11.1 Å². The van der Waals surface area contributed by atoms with Crippen molar-refractivity contribution in [2.24, 2.45) is 0 Å². The average Bonchev–Trinajstić information content (AvgIpc) is 3.49. The van der Waals surface area contributed by atoms with Gasteiger partial charge in [-0.25, -0.2) is 0 Å². The summed E-state index contributed by atoms with van der Waals surface area (Å²) in [5.74, 6) is 0.0352. The van der Waals surface area contributed by atoms with Gasteiger partial charge in [0.25, 0.3) is 5.69 Å². The molecule has 1 heterocycles. The number of hydrogen-bond donors (Lipinski definition) is 1.